The molecule has 1 aromatic heterocycles. The molecule has 0 radical (unpaired) electrons. The lowest BCUT2D eigenvalue weighted by Gasteiger charge is -2.24. The monoisotopic (exact) mass is 461 g/mol. The molecule has 0 aliphatic rings. The summed E-state index contributed by atoms with van der Waals surface area (Å²) in [6, 6.07) is 9.69. The zero-order valence-corrected chi connectivity index (χ0v) is 19.7. The molecule has 0 fully saturated rings. The van der Waals surface area contributed by atoms with Crippen molar-refractivity contribution in [2.75, 3.05) is 37.7 Å². The second-order valence-electron chi connectivity index (χ2n) is 7.82. The average Bonchev–Trinajstić information content (AvgIpc) is 3.19. The molecule has 0 unspecified atom stereocenters. The van der Waals surface area contributed by atoms with Crippen molar-refractivity contribution in [3.05, 3.63) is 53.6 Å². The number of hydrogen-bond acceptors (Lipinski definition) is 5. The summed E-state index contributed by atoms with van der Waals surface area (Å²) in [6.45, 7) is 10.8. The van der Waals surface area contributed by atoms with Gasteiger partial charge in [-0.3, -0.25) is 9.69 Å². The quantitative estimate of drug-likeness (QED) is 0.403. The predicted octanol–water partition coefficient (Wildman–Crippen LogP) is 5.45. The smallest absolute Gasteiger partial charge is 0.266 e. The van der Waals surface area contributed by atoms with Gasteiger partial charge < -0.3 is 9.64 Å². The van der Waals surface area contributed by atoms with Crippen LogP contribution in [0.5, 0.6) is 5.75 Å². The highest BCUT2D eigenvalue weighted by molar-refractivity contribution is 7.22. The number of carbonyl (C=O) groups excluding carboxylic acids is 1. The number of anilines is 1. The van der Waals surface area contributed by atoms with E-state index < -0.39 is 11.6 Å². The van der Waals surface area contributed by atoms with E-state index in [1.807, 2.05) is 24.3 Å². The lowest BCUT2D eigenvalue weighted by molar-refractivity contribution is -0.120. The van der Waals surface area contributed by atoms with Crippen LogP contribution in [-0.4, -0.2) is 48.6 Å². The molecule has 0 atom stereocenters. The van der Waals surface area contributed by atoms with Crippen LogP contribution in [0.4, 0.5) is 13.9 Å². The molecule has 1 heterocycles. The molecule has 0 saturated heterocycles. The number of ether oxygens (including phenoxy) is 1. The van der Waals surface area contributed by atoms with Gasteiger partial charge in [-0.05, 0) is 42.8 Å². The summed E-state index contributed by atoms with van der Waals surface area (Å²) in [5, 5.41) is 0.334. The Morgan fingerprint density at radius 1 is 1.09 bits per heavy atom. The normalized spacial score (nSPS) is 11.5. The molecule has 5 nitrogen and oxygen atoms in total. The summed E-state index contributed by atoms with van der Waals surface area (Å²) in [7, 11) is 0. The number of amides is 1. The highest BCUT2D eigenvalue weighted by atomic mass is 32.1. The predicted molar refractivity (Wildman–Crippen MR) is 126 cm³/mol. The number of benzene rings is 2. The van der Waals surface area contributed by atoms with Crippen LogP contribution in [-0.2, 0) is 4.79 Å². The maximum Gasteiger partial charge on any atom is 0.266 e. The van der Waals surface area contributed by atoms with Crippen molar-refractivity contribution >= 4 is 32.6 Å². The number of fused-ring (bicyclic) bond motifs is 1. The van der Waals surface area contributed by atoms with Crippen molar-refractivity contribution in [2.45, 2.75) is 33.6 Å². The van der Waals surface area contributed by atoms with Gasteiger partial charge in [-0.1, -0.05) is 51.2 Å². The van der Waals surface area contributed by atoms with E-state index in [-0.39, 0.29) is 18.0 Å². The highest BCUT2D eigenvalue weighted by Gasteiger charge is 2.22. The molecule has 172 valence electrons. The van der Waals surface area contributed by atoms with Gasteiger partial charge in [0.15, 0.2) is 17.6 Å². The van der Waals surface area contributed by atoms with Crippen LogP contribution < -0.4 is 9.64 Å². The van der Waals surface area contributed by atoms with E-state index in [4.69, 9.17) is 4.74 Å². The Bertz CT molecular complexity index is 1050. The molecule has 1 amide bonds. The number of halogens is 2. The van der Waals surface area contributed by atoms with Crippen molar-refractivity contribution in [2.24, 2.45) is 0 Å². The number of carbonyl (C=O) groups is 1. The van der Waals surface area contributed by atoms with Gasteiger partial charge in [0.25, 0.3) is 5.91 Å². The van der Waals surface area contributed by atoms with E-state index in [0.29, 0.717) is 34.6 Å². The Labute approximate surface area is 191 Å². The fourth-order valence-electron chi connectivity index (χ4n) is 3.34. The first-order chi connectivity index (χ1) is 15.3. The molecular weight excluding hydrogens is 432 g/mol. The maximum atomic E-state index is 14.2. The molecule has 32 heavy (non-hydrogen) atoms. The first kappa shape index (κ1) is 24.1. The minimum absolute atomic E-state index is 0.0669. The molecule has 0 aliphatic carbocycles. The molecule has 0 bridgehead atoms. The van der Waals surface area contributed by atoms with Crippen LogP contribution in [0.3, 0.4) is 0 Å². The Balaban J connectivity index is 1.80. The van der Waals surface area contributed by atoms with Gasteiger partial charge in [-0.25, -0.2) is 13.8 Å². The van der Waals surface area contributed by atoms with Crippen LogP contribution in [0.2, 0.25) is 0 Å². The Hall–Kier alpha value is -2.58. The van der Waals surface area contributed by atoms with Crippen molar-refractivity contribution in [1.29, 1.82) is 0 Å². The van der Waals surface area contributed by atoms with E-state index in [1.165, 1.54) is 16.5 Å². The first-order valence-electron chi connectivity index (χ1n) is 10.8. The van der Waals surface area contributed by atoms with E-state index in [0.717, 1.165) is 30.5 Å². The average molecular weight is 462 g/mol. The zero-order chi connectivity index (χ0) is 23.3. The molecule has 3 aromatic rings. The van der Waals surface area contributed by atoms with E-state index >= 15 is 0 Å². The molecular formula is C24H29F2N3O2S. The summed E-state index contributed by atoms with van der Waals surface area (Å²) in [5.41, 5.74) is 1.26. The number of likely N-dealkylation sites (N-methyl/N-ethyl adjacent to an activating group) is 1. The SMILES string of the molecule is CCN(CC)CCN(C(=O)COc1ccc(C(C)C)cc1)c1nc2c(F)cc(F)cc2s1. The zero-order valence-electron chi connectivity index (χ0n) is 18.9. The molecule has 3 rings (SSSR count). The third-order valence-electron chi connectivity index (χ3n) is 5.38. The minimum Gasteiger partial charge on any atom is -0.484 e. The number of rotatable bonds is 10. The topological polar surface area (TPSA) is 45.7 Å². The highest BCUT2D eigenvalue weighted by Crippen LogP contribution is 2.31. The van der Waals surface area contributed by atoms with E-state index in [9.17, 15) is 13.6 Å². The Morgan fingerprint density at radius 3 is 2.41 bits per heavy atom. The van der Waals surface area contributed by atoms with E-state index in [2.05, 4.69) is 37.6 Å². The van der Waals surface area contributed by atoms with Crippen molar-refractivity contribution in [3.8, 4) is 5.75 Å². The van der Waals surface area contributed by atoms with Crippen molar-refractivity contribution in [1.82, 2.24) is 9.88 Å². The fraction of sp³-hybridized carbons (Fsp3) is 0.417. The second kappa shape index (κ2) is 10.8. The summed E-state index contributed by atoms with van der Waals surface area (Å²) >= 11 is 1.10. The number of thiazole rings is 1. The fourth-order valence-corrected chi connectivity index (χ4v) is 4.39. The lowest BCUT2D eigenvalue weighted by Crippen LogP contribution is -2.41. The number of nitrogens with zero attached hydrogens (tertiary/aromatic N) is 3. The third kappa shape index (κ3) is 5.81. The molecule has 2 aromatic carbocycles. The molecule has 8 heteroatoms. The van der Waals surface area contributed by atoms with Gasteiger partial charge in [0, 0.05) is 19.2 Å². The molecule has 0 aliphatic heterocycles. The van der Waals surface area contributed by atoms with Gasteiger partial charge >= 0.3 is 0 Å². The standard InChI is InChI=1S/C24H29F2N3O2S/c1-5-28(6-2)11-12-29(24-27-23-20(26)13-18(25)14-21(23)32-24)22(30)15-31-19-9-7-17(8-10-19)16(3)4/h7-10,13-14,16H,5-6,11-12,15H2,1-4H3. The van der Waals surface area contributed by atoms with Crippen LogP contribution in [0.1, 0.15) is 39.2 Å². The third-order valence-corrected chi connectivity index (χ3v) is 6.40. The van der Waals surface area contributed by atoms with Crippen LogP contribution >= 0.6 is 11.3 Å². The number of aromatic nitrogens is 1. The maximum absolute atomic E-state index is 14.2. The van der Waals surface area contributed by atoms with Crippen molar-refractivity contribution < 1.29 is 18.3 Å². The van der Waals surface area contributed by atoms with Gasteiger partial charge in [0.05, 0.1) is 4.70 Å². The first-order valence-corrected chi connectivity index (χ1v) is 11.6. The molecule has 0 N–H and O–H groups in total. The summed E-state index contributed by atoms with van der Waals surface area (Å²) in [4.78, 5) is 21.1. The van der Waals surface area contributed by atoms with Crippen molar-refractivity contribution in [3.63, 3.8) is 0 Å². The summed E-state index contributed by atoms with van der Waals surface area (Å²) in [5.74, 6) is -0.682. The Kier molecular flexibility index (Phi) is 8.15. The second-order valence-corrected chi connectivity index (χ2v) is 8.82. The summed E-state index contributed by atoms with van der Waals surface area (Å²) in [6.07, 6.45) is 0. The molecule has 0 spiro atoms. The van der Waals surface area contributed by atoms with Crippen LogP contribution in [0.15, 0.2) is 36.4 Å². The summed E-state index contributed by atoms with van der Waals surface area (Å²) < 4.78 is 33.9. The van der Waals surface area contributed by atoms with Gasteiger partial charge in [-0.2, -0.15) is 0 Å². The van der Waals surface area contributed by atoms with Crippen LogP contribution in [0.25, 0.3) is 10.2 Å². The minimum atomic E-state index is -0.736. The Morgan fingerprint density at radius 2 is 1.78 bits per heavy atom. The van der Waals surface area contributed by atoms with E-state index in [1.54, 1.807) is 0 Å². The van der Waals surface area contributed by atoms with Crippen LogP contribution in [0, 0.1) is 11.6 Å². The van der Waals surface area contributed by atoms with Gasteiger partial charge in [0.2, 0.25) is 0 Å². The molecule has 0 saturated carbocycles. The van der Waals surface area contributed by atoms with Gasteiger partial charge in [-0.15, -0.1) is 0 Å². The number of hydrogen-bond donors (Lipinski definition) is 0. The van der Waals surface area contributed by atoms with Gasteiger partial charge in [0.1, 0.15) is 17.1 Å². The largest absolute Gasteiger partial charge is 0.484 e. The lowest BCUT2D eigenvalue weighted by atomic mass is 10.0.